The summed E-state index contributed by atoms with van der Waals surface area (Å²) in [6.45, 7) is 4.34. The quantitative estimate of drug-likeness (QED) is 0.735. The van der Waals surface area contributed by atoms with Gasteiger partial charge in [-0.25, -0.2) is 4.79 Å². The van der Waals surface area contributed by atoms with Crippen LogP contribution < -0.4 is 10.6 Å². The molecule has 4 fully saturated rings. The molecular formula is C16H28N2O2. The van der Waals surface area contributed by atoms with Gasteiger partial charge in [-0.15, -0.1) is 0 Å². The minimum atomic E-state index is -0.203. The first-order valence-corrected chi connectivity index (χ1v) is 8.35. The molecule has 0 atom stereocenters. The topological polar surface area (TPSA) is 50.4 Å². The lowest BCUT2D eigenvalue weighted by molar-refractivity contribution is -0.0190. The van der Waals surface area contributed by atoms with Gasteiger partial charge in [0.15, 0.2) is 0 Å². The number of nitrogens with one attached hydrogen (secondary N) is 2. The van der Waals surface area contributed by atoms with Gasteiger partial charge in [0, 0.05) is 12.1 Å². The smallest absolute Gasteiger partial charge is 0.407 e. The minimum Gasteiger partial charge on any atom is -0.448 e. The van der Waals surface area contributed by atoms with Crippen molar-refractivity contribution in [1.29, 1.82) is 0 Å². The Bertz CT molecular complexity index is 321. The maximum Gasteiger partial charge on any atom is 0.407 e. The standard InChI is InChI=1S/C16H28N2O2/c1-2-3-17-4-5-20-15(19)18-16-9-12-6-13(10-16)8-14(7-12)11-16/h12-14,17H,2-11H2,1H3,(H,18,19). The molecule has 2 N–H and O–H groups in total. The lowest BCUT2D eigenvalue weighted by Gasteiger charge is -2.56. The van der Waals surface area contributed by atoms with E-state index in [1.807, 2.05) is 0 Å². The van der Waals surface area contributed by atoms with E-state index in [2.05, 4.69) is 17.6 Å². The van der Waals surface area contributed by atoms with Crippen LogP contribution in [0.25, 0.3) is 0 Å². The van der Waals surface area contributed by atoms with Crippen LogP contribution in [0.5, 0.6) is 0 Å². The number of hydrogen-bond acceptors (Lipinski definition) is 3. The van der Waals surface area contributed by atoms with Crippen LogP contribution in [0.3, 0.4) is 0 Å². The van der Waals surface area contributed by atoms with Crippen molar-refractivity contribution in [3.8, 4) is 0 Å². The van der Waals surface area contributed by atoms with Crippen molar-refractivity contribution in [2.75, 3.05) is 19.7 Å². The predicted octanol–water partition coefficient (Wildman–Crippen LogP) is 2.68. The molecule has 0 saturated heterocycles. The predicted molar refractivity (Wildman–Crippen MR) is 78.5 cm³/mol. The molecule has 4 aliphatic carbocycles. The van der Waals surface area contributed by atoms with Crippen LogP contribution in [0.4, 0.5) is 4.79 Å². The van der Waals surface area contributed by atoms with E-state index in [0.717, 1.165) is 37.3 Å². The Balaban J connectivity index is 1.44. The summed E-state index contributed by atoms with van der Waals surface area (Å²) in [5.41, 5.74) is 0.0721. The van der Waals surface area contributed by atoms with E-state index in [4.69, 9.17) is 4.74 Å². The third kappa shape index (κ3) is 3.11. The second-order valence-corrected chi connectivity index (χ2v) is 7.21. The molecule has 1 amide bonds. The van der Waals surface area contributed by atoms with Crippen molar-refractivity contribution in [3.63, 3.8) is 0 Å². The Morgan fingerprint density at radius 1 is 1.10 bits per heavy atom. The highest BCUT2D eigenvalue weighted by Gasteiger charge is 2.51. The van der Waals surface area contributed by atoms with E-state index in [1.54, 1.807) is 0 Å². The Labute approximate surface area is 122 Å². The fraction of sp³-hybridized carbons (Fsp3) is 0.938. The van der Waals surface area contributed by atoms with Crippen LogP contribution in [0, 0.1) is 17.8 Å². The van der Waals surface area contributed by atoms with Gasteiger partial charge in [-0.2, -0.15) is 0 Å². The summed E-state index contributed by atoms with van der Waals surface area (Å²) >= 11 is 0. The van der Waals surface area contributed by atoms with Crippen molar-refractivity contribution in [2.24, 2.45) is 17.8 Å². The zero-order valence-corrected chi connectivity index (χ0v) is 12.6. The van der Waals surface area contributed by atoms with Gasteiger partial charge in [-0.1, -0.05) is 6.92 Å². The lowest BCUT2D eigenvalue weighted by Crippen LogP contribution is -2.60. The van der Waals surface area contributed by atoms with Gasteiger partial charge in [0.1, 0.15) is 6.61 Å². The third-order valence-corrected chi connectivity index (χ3v) is 5.34. The normalized spacial score (nSPS) is 38.0. The largest absolute Gasteiger partial charge is 0.448 e. The van der Waals surface area contributed by atoms with Crippen LogP contribution >= 0.6 is 0 Å². The summed E-state index contributed by atoms with van der Waals surface area (Å²) in [6, 6.07) is 0. The van der Waals surface area contributed by atoms with E-state index < -0.39 is 0 Å². The van der Waals surface area contributed by atoms with Gasteiger partial charge in [0.05, 0.1) is 0 Å². The molecule has 4 aliphatic rings. The highest BCUT2D eigenvalue weighted by molar-refractivity contribution is 5.68. The highest BCUT2D eigenvalue weighted by Crippen LogP contribution is 2.55. The Morgan fingerprint density at radius 2 is 1.70 bits per heavy atom. The molecule has 0 aromatic carbocycles. The van der Waals surface area contributed by atoms with Crippen molar-refractivity contribution in [1.82, 2.24) is 10.6 Å². The lowest BCUT2D eigenvalue weighted by atomic mass is 9.53. The van der Waals surface area contributed by atoms with Crippen LogP contribution in [0.2, 0.25) is 0 Å². The highest BCUT2D eigenvalue weighted by atomic mass is 16.5. The molecule has 0 spiro atoms. The second kappa shape index (κ2) is 5.92. The summed E-state index contributed by atoms with van der Waals surface area (Å²) in [5, 5.41) is 6.47. The van der Waals surface area contributed by atoms with E-state index in [0.29, 0.717) is 6.61 Å². The van der Waals surface area contributed by atoms with Crippen LogP contribution in [0.15, 0.2) is 0 Å². The molecule has 4 heteroatoms. The SMILES string of the molecule is CCCNCCOC(=O)NC12CC3CC(CC(C3)C1)C2. The fourth-order valence-corrected chi connectivity index (χ4v) is 5.03. The molecule has 4 bridgehead atoms. The van der Waals surface area contributed by atoms with E-state index in [1.165, 1.54) is 38.5 Å². The zero-order valence-electron chi connectivity index (χ0n) is 12.6. The number of alkyl carbamates (subject to hydrolysis) is 1. The first-order valence-electron chi connectivity index (χ1n) is 8.35. The van der Waals surface area contributed by atoms with E-state index in [-0.39, 0.29) is 11.6 Å². The van der Waals surface area contributed by atoms with Crippen molar-refractivity contribution >= 4 is 6.09 Å². The summed E-state index contributed by atoms with van der Waals surface area (Å²) in [5.74, 6) is 2.56. The maximum absolute atomic E-state index is 12.0. The van der Waals surface area contributed by atoms with Crippen molar-refractivity contribution in [3.05, 3.63) is 0 Å². The van der Waals surface area contributed by atoms with E-state index in [9.17, 15) is 4.79 Å². The molecule has 0 heterocycles. The molecule has 0 aliphatic heterocycles. The monoisotopic (exact) mass is 280 g/mol. The number of amides is 1. The first-order chi connectivity index (χ1) is 9.69. The van der Waals surface area contributed by atoms with Gasteiger partial charge in [0.25, 0.3) is 0 Å². The summed E-state index contributed by atoms with van der Waals surface area (Å²) in [4.78, 5) is 12.0. The molecule has 4 saturated carbocycles. The van der Waals surface area contributed by atoms with Gasteiger partial charge in [-0.3, -0.25) is 0 Å². The molecular weight excluding hydrogens is 252 g/mol. The van der Waals surface area contributed by atoms with Crippen LogP contribution in [-0.4, -0.2) is 31.3 Å². The van der Waals surface area contributed by atoms with Crippen molar-refractivity contribution in [2.45, 2.75) is 57.4 Å². The molecule has 0 unspecified atom stereocenters. The summed E-state index contributed by atoms with van der Waals surface area (Å²) in [7, 11) is 0. The second-order valence-electron chi connectivity index (χ2n) is 7.21. The Kier molecular flexibility index (Phi) is 4.20. The van der Waals surface area contributed by atoms with E-state index >= 15 is 0 Å². The molecule has 4 nitrogen and oxygen atoms in total. The number of ether oxygens (including phenoxy) is 1. The fourth-order valence-electron chi connectivity index (χ4n) is 5.03. The number of carbonyl (C=O) groups excluding carboxylic acids is 1. The Morgan fingerprint density at radius 3 is 2.25 bits per heavy atom. The van der Waals surface area contributed by atoms with Crippen LogP contribution in [-0.2, 0) is 4.74 Å². The van der Waals surface area contributed by atoms with Crippen LogP contribution in [0.1, 0.15) is 51.9 Å². The molecule has 0 radical (unpaired) electrons. The molecule has 20 heavy (non-hydrogen) atoms. The average Bonchev–Trinajstić information content (AvgIpc) is 2.36. The number of carbonyl (C=O) groups is 1. The number of hydrogen-bond donors (Lipinski definition) is 2. The van der Waals surface area contributed by atoms with Gasteiger partial charge < -0.3 is 15.4 Å². The van der Waals surface area contributed by atoms with Crippen molar-refractivity contribution < 1.29 is 9.53 Å². The van der Waals surface area contributed by atoms with Gasteiger partial charge >= 0.3 is 6.09 Å². The maximum atomic E-state index is 12.0. The molecule has 0 aromatic rings. The third-order valence-electron chi connectivity index (χ3n) is 5.34. The minimum absolute atomic E-state index is 0.0721. The summed E-state index contributed by atoms with van der Waals surface area (Å²) in [6.07, 6.45) is 8.65. The van der Waals surface area contributed by atoms with Gasteiger partial charge in [-0.05, 0) is 69.2 Å². The van der Waals surface area contributed by atoms with Gasteiger partial charge in [0.2, 0.25) is 0 Å². The zero-order chi connectivity index (χ0) is 14.0. The summed E-state index contributed by atoms with van der Waals surface area (Å²) < 4.78 is 5.32. The molecule has 0 aromatic heterocycles. The first kappa shape index (κ1) is 14.2. The average molecular weight is 280 g/mol. The number of rotatable bonds is 6. The molecule has 4 rings (SSSR count). The molecule has 114 valence electrons. The Hall–Kier alpha value is -0.770.